The van der Waals surface area contributed by atoms with E-state index in [1.165, 1.54) is 18.0 Å². The Bertz CT molecular complexity index is 619. The number of carbonyl (C=O) groups excluding carboxylic acids is 1. The predicted octanol–water partition coefficient (Wildman–Crippen LogP) is 3.41. The van der Waals surface area contributed by atoms with Crippen LogP contribution >= 0.6 is 23.4 Å². The number of carbonyl (C=O) groups is 1. The maximum Gasteiger partial charge on any atom is 0.259 e. The Kier molecular flexibility index (Phi) is 4.39. The SMILES string of the molecule is CSc1ncc(C(=O)Nc2ccccc2Cl)c(C)n1. The summed E-state index contributed by atoms with van der Waals surface area (Å²) in [6.07, 6.45) is 3.42. The van der Waals surface area contributed by atoms with Crippen LogP contribution in [0.4, 0.5) is 5.69 Å². The standard InChI is InChI=1S/C13H12ClN3OS/c1-8-9(7-15-13(16-8)19-2)12(18)17-11-6-4-3-5-10(11)14/h3-7H,1-2H3,(H,17,18). The Morgan fingerprint density at radius 3 is 2.74 bits per heavy atom. The van der Waals surface area contributed by atoms with Gasteiger partial charge in [0.2, 0.25) is 0 Å². The number of nitrogens with zero attached hydrogens (tertiary/aromatic N) is 2. The second-order valence-corrected chi connectivity index (χ2v) is 4.97. The van der Waals surface area contributed by atoms with Gasteiger partial charge in [-0.3, -0.25) is 4.79 Å². The number of amides is 1. The maximum atomic E-state index is 12.1. The van der Waals surface area contributed by atoms with Gasteiger partial charge in [0.25, 0.3) is 5.91 Å². The number of benzene rings is 1. The van der Waals surface area contributed by atoms with Crippen molar-refractivity contribution in [1.82, 2.24) is 9.97 Å². The van der Waals surface area contributed by atoms with Crippen molar-refractivity contribution in [2.24, 2.45) is 0 Å². The number of hydrogen-bond donors (Lipinski definition) is 1. The highest BCUT2D eigenvalue weighted by Gasteiger charge is 2.13. The van der Waals surface area contributed by atoms with Crippen LogP contribution in [0.3, 0.4) is 0 Å². The van der Waals surface area contributed by atoms with Gasteiger partial charge in [-0.1, -0.05) is 35.5 Å². The first-order valence-electron chi connectivity index (χ1n) is 5.55. The number of halogens is 1. The number of thioether (sulfide) groups is 1. The minimum absolute atomic E-state index is 0.266. The largest absolute Gasteiger partial charge is 0.321 e. The van der Waals surface area contributed by atoms with Crippen LogP contribution in [0.5, 0.6) is 0 Å². The molecule has 19 heavy (non-hydrogen) atoms. The third-order valence-corrected chi connectivity index (χ3v) is 3.40. The van der Waals surface area contributed by atoms with Crippen LogP contribution in [0, 0.1) is 6.92 Å². The third-order valence-electron chi connectivity index (χ3n) is 2.51. The van der Waals surface area contributed by atoms with Crippen molar-refractivity contribution in [3.63, 3.8) is 0 Å². The first-order valence-corrected chi connectivity index (χ1v) is 7.15. The summed E-state index contributed by atoms with van der Waals surface area (Å²) in [6.45, 7) is 1.78. The number of para-hydroxylation sites is 1. The van der Waals surface area contributed by atoms with E-state index in [4.69, 9.17) is 11.6 Å². The zero-order chi connectivity index (χ0) is 13.8. The summed E-state index contributed by atoms with van der Waals surface area (Å²) in [5, 5.41) is 3.89. The van der Waals surface area contributed by atoms with Crippen molar-refractivity contribution in [3.8, 4) is 0 Å². The summed E-state index contributed by atoms with van der Waals surface area (Å²) < 4.78 is 0. The van der Waals surface area contributed by atoms with Gasteiger partial charge in [0, 0.05) is 6.20 Å². The molecule has 1 aromatic heterocycles. The number of rotatable bonds is 3. The molecule has 98 valence electrons. The van der Waals surface area contributed by atoms with Crippen LogP contribution in [0.2, 0.25) is 5.02 Å². The Labute approximate surface area is 120 Å². The van der Waals surface area contributed by atoms with E-state index in [9.17, 15) is 4.79 Å². The molecule has 1 heterocycles. The predicted molar refractivity (Wildman–Crippen MR) is 78.0 cm³/mol. The lowest BCUT2D eigenvalue weighted by Gasteiger charge is -2.08. The molecule has 1 aromatic carbocycles. The Morgan fingerprint density at radius 2 is 2.11 bits per heavy atom. The van der Waals surface area contributed by atoms with E-state index in [0.717, 1.165) is 0 Å². The van der Waals surface area contributed by atoms with Crippen LogP contribution in [-0.4, -0.2) is 22.1 Å². The molecule has 0 bridgehead atoms. The molecule has 0 aliphatic rings. The second-order valence-electron chi connectivity index (χ2n) is 3.79. The quantitative estimate of drug-likeness (QED) is 0.696. The Balaban J connectivity index is 2.23. The molecule has 6 heteroatoms. The van der Waals surface area contributed by atoms with E-state index in [-0.39, 0.29) is 5.91 Å². The van der Waals surface area contributed by atoms with E-state index < -0.39 is 0 Å². The monoisotopic (exact) mass is 293 g/mol. The highest BCUT2D eigenvalue weighted by Crippen LogP contribution is 2.21. The van der Waals surface area contributed by atoms with Crippen molar-refractivity contribution < 1.29 is 4.79 Å². The van der Waals surface area contributed by atoms with E-state index in [2.05, 4.69) is 15.3 Å². The molecule has 2 rings (SSSR count). The lowest BCUT2D eigenvalue weighted by Crippen LogP contribution is -2.15. The third kappa shape index (κ3) is 3.24. The molecule has 0 saturated carbocycles. The van der Waals surface area contributed by atoms with Gasteiger partial charge in [-0.25, -0.2) is 9.97 Å². The van der Waals surface area contributed by atoms with E-state index >= 15 is 0 Å². The fourth-order valence-electron chi connectivity index (χ4n) is 1.52. The summed E-state index contributed by atoms with van der Waals surface area (Å²) in [5.41, 5.74) is 1.66. The number of hydrogen-bond acceptors (Lipinski definition) is 4. The lowest BCUT2D eigenvalue weighted by atomic mass is 10.2. The summed E-state index contributed by atoms with van der Waals surface area (Å²) >= 11 is 7.43. The van der Waals surface area contributed by atoms with Gasteiger partial charge in [0.05, 0.1) is 22.0 Å². The van der Waals surface area contributed by atoms with E-state index in [1.807, 2.05) is 12.3 Å². The van der Waals surface area contributed by atoms with E-state index in [1.54, 1.807) is 25.1 Å². The van der Waals surface area contributed by atoms with Crippen LogP contribution in [-0.2, 0) is 0 Å². The fraction of sp³-hybridized carbons (Fsp3) is 0.154. The Hall–Kier alpha value is -1.59. The highest BCUT2D eigenvalue weighted by atomic mass is 35.5. The van der Waals surface area contributed by atoms with Crippen molar-refractivity contribution in [1.29, 1.82) is 0 Å². The van der Waals surface area contributed by atoms with Crippen LogP contribution in [0.25, 0.3) is 0 Å². The molecular weight excluding hydrogens is 282 g/mol. The van der Waals surface area contributed by atoms with Gasteiger partial charge in [-0.05, 0) is 25.3 Å². The van der Waals surface area contributed by atoms with Gasteiger partial charge in [0.15, 0.2) is 5.16 Å². The minimum atomic E-state index is -0.266. The number of aryl methyl sites for hydroxylation is 1. The van der Waals surface area contributed by atoms with Gasteiger partial charge < -0.3 is 5.32 Å². The molecule has 0 atom stereocenters. The zero-order valence-corrected chi connectivity index (χ0v) is 12.0. The van der Waals surface area contributed by atoms with Gasteiger partial charge in [-0.15, -0.1) is 0 Å². The average molecular weight is 294 g/mol. The van der Waals surface area contributed by atoms with Crippen molar-refractivity contribution >= 4 is 35.0 Å². The molecule has 0 spiro atoms. The molecule has 4 nitrogen and oxygen atoms in total. The van der Waals surface area contributed by atoms with Crippen LogP contribution < -0.4 is 5.32 Å². The molecular formula is C13H12ClN3OS. The summed E-state index contributed by atoms with van der Waals surface area (Å²) in [5.74, 6) is -0.266. The topological polar surface area (TPSA) is 54.9 Å². The molecule has 0 aliphatic heterocycles. The summed E-state index contributed by atoms with van der Waals surface area (Å²) in [4.78, 5) is 20.5. The fourth-order valence-corrected chi connectivity index (χ4v) is 2.09. The minimum Gasteiger partial charge on any atom is -0.321 e. The summed E-state index contributed by atoms with van der Waals surface area (Å²) in [7, 11) is 0. The number of nitrogens with one attached hydrogen (secondary N) is 1. The van der Waals surface area contributed by atoms with Gasteiger partial charge >= 0.3 is 0 Å². The molecule has 0 fully saturated rings. The van der Waals surface area contributed by atoms with Crippen molar-refractivity contribution in [2.45, 2.75) is 12.1 Å². The first kappa shape index (κ1) is 13.8. The van der Waals surface area contributed by atoms with Crippen molar-refractivity contribution in [2.75, 3.05) is 11.6 Å². The van der Waals surface area contributed by atoms with Crippen LogP contribution in [0.1, 0.15) is 16.1 Å². The number of anilines is 1. The highest BCUT2D eigenvalue weighted by molar-refractivity contribution is 7.98. The number of aromatic nitrogens is 2. The van der Waals surface area contributed by atoms with Gasteiger partial charge in [0.1, 0.15) is 0 Å². The van der Waals surface area contributed by atoms with Crippen molar-refractivity contribution in [3.05, 3.63) is 46.7 Å². The van der Waals surface area contributed by atoms with E-state index in [0.29, 0.717) is 27.1 Å². The lowest BCUT2D eigenvalue weighted by molar-refractivity contribution is 0.102. The summed E-state index contributed by atoms with van der Waals surface area (Å²) in [6, 6.07) is 7.07. The first-order chi connectivity index (χ1) is 9.11. The molecule has 0 aliphatic carbocycles. The molecule has 0 saturated heterocycles. The smallest absolute Gasteiger partial charge is 0.259 e. The molecule has 1 N–H and O–H groups in total. The molecule has 2 aromatic rings. The molecule has 1 amide bonds. The maximum absolute atomic E-state index is 12.1. The molecule has 0 radical (unpaired) electrons. The normalized spacial score (nSPS) is 10.3. The average Bonchev–Trinajstić information content (AvgIpc) is 2.41. The van der Waals surface area contributed by atoms with Crippen LogP contribution in [0.15, 0.2) is 35.6 Å². The molecule has 0 unspecified atom stereocenters. The zero-order valence-electron chi connectivity index (χ0n) is 10.5. The Morgan fingerprint density at radius 1 is 1.37 bits per heavy atom. The second kappa shape index (κ2) is 6.04. The van der Waals surface area contributed by atoms with Gasteiger partial charge in [-0.2, -0.15) is 0 Å².